The fourth-order valence-electron chi connectivity index (χ4n) is 3.31. The van der Waals surface area contributed by atoms with Crippen LogP contribution in [0, 0.1) is 26.7 Å². The number of carbonyl (C=O) groups excluding carboxylic acids is 2. The van der Waals surface area contributed by atoms with Crippen LogP contribution < -0.4 is 0 Å². The van der Waals surface area contributed by atoms with Crippen LogP contribution in [0.25, 0.3) is 0 Å². The van der Waals surface area contributed by atoms with Gasteiger partial charge >= 0.3 is 15.1 Å². The van der Waals surface area contributed by atoms with Gasteiger partial charge in [0.1, 0.15) is 5.92 Å². The molecule has 0 aliphatic rings. The molecule has 0 N–H and O–H groups in total. The summed E-state index contributed by atoms with van der Waals surface area (Å²) in [4.78, 5) is 25.6. The molecular formula is C22H36O4P+. The molecule has 0 saturated heterocycles. The Morgan fingerprint density at radius 3 is 2.00 bits per heavy atom. The van der Waals surface area contributed by atoms with Gasteiger partial charge < -0.3 is 4.74 Å². The van der Waals surface area contributed by atoms with Gasteiger partial charge in [-0.2, -0.15) is 0 Å². The second kappa shape index (κ2) is 14.5. The van der Waals surface area contributed by atoms with E-state index in [4.69, 9.17) is 9.30 Å². The number of aryl methyl sites for hydroxylation is 3. The van der Waals surface area contributed by atoms with Crippen molar-refractivity contribution >= 4 is 20.9 Å². The van der Waals surface area contributed by atoms with Crippen molar-refractivity contribution in [3.63, 3.8) is 0 Å². The number of rotatable bonds is 11. The Kier molecular flexibility index (Phi) is 13.7. The minimum Gasteiger partial charge on any atom is -0.465 e. The number of unbranched alkanes of at least 4 members (excludes halogenated alkanes) is 4. The van der Waals surface area contributed by atoms with Crippen LogP contribution in [0.1, 0.15) is 85.8 Å². The number of hydrogen-bond acceptors (Lipinski definition) is 4. The first-order valence-corrected chi connectivity index (χ1v) is 10.4. The van der Waals surface area contributed by atoms with E-state index in [2.05, 4.69) is 13.8 Å². The lowest BCUT2D eigenvalue weighted by Crippen LogP contribution is -2.28. The standard InChI is InChI=1S/C22H34O3.H2OP/c1-6-8-10-11-13-25-22(24)19(12-9-7-2)21(23)20-17(4)14-16(3)15-18(20)5;1-2/h14-15,19H,6-13H2,1-5H3;2H2/q;+1. The SMILES string of the molecule is CCCCCCOC(=O)C(CCCC)C(=O)c1c(C)cc(C)cc1C.O=[PH2+]. The van der Waals surface area contributed by atoms with Crippen molar-refractivity contribution < 1.29 is 18.9 Å². The molecule has 0 bridgehead atoms. The number of ether oxygens (including phenoxy) is 1. The summed E-state index contributed by atoms with van der Waals surface area (Å²) in [6.45, 7) is 10.5. The Morgan fingerprint density at radius 2 is 1.48 bits per heavy atom. The summed E-state index contributed by atoms with van der Waals surface area (Å²) >= 11 is 0. The zero-order valence-corrected chi connectivity index (χ0v) is 18.8. The van der Waals surface area contributed by atoms with Gasteiger partial charge in [-0.05, 0) is 44.7 Å². The predicted molar refractivity (Wildman–Crippen MR) is 113 cm³/mol. The summed E-state index contributed by atoms with van der Waals surface area (Å²) in [6, 6.07) is 4.01. The maximum Gasteiger partial charge on any atom is 0.316 e. The first kappa shape index (κ1) is 25.5. The molecule has 0 aromatic heterocycles. The predicted octanol–water partition coefficient (Wildman–Crippen LogP) is 5.93. The van der Waals surface area contributed by atoms with E-state index in [-0.39, 0.29) is 11.8 Å². The average molecular weight is 396 g/mol. The lowest BCUT2D eigenvalue weighted by Gasteiger charge is -2.18. The van der Waals surface area contributed by atoms with Crippen molar-refractivity contribution in [3.05, 3.63) is 34.4 Å². The fourth-order valence-corrected chi connectivity index (χ4v) is 3.31. The topological polar surface area (TPSA) is 60.4 Å². The van der Waals surface area contributed by atoms with Crippen molar-refractivity contribution in [3.8, 4) is 0 Å². The first-order chi connectivity index (χ1) is 12.9. The molecule has 1 aromatic carbocycles. The molecule has 0 amide bonds. The molecule has 0 aliphatic carbocycles. The largest absolute Gasteiger partial charge is 0.465 e. The zero-order valence-electron chi connectivity index (χ0n) is 17.6. The highest BCUT2D eigenvalue weighted by molar-refractivity contribution is 7.00. The Morgan fingerprint density at radius 1 is 0.926 bits per heavy atom. The van der Waals surface area contributed by atoms with Gasteiger partial charge in [-0.1, -0.05) is 68.2 Å². The molecule has 27 heavy (non-hydrogen) atoms. The van der Waals surface area contributed by atoms with Gasteiger partial charge in [-0.15, -0.1) is 0 Å². The molecule has 152 valence electrons. The summed E-state index contributed by atoms with van der Waals surface area (Å²) < 4.78 is 13.6. The summed E-state index contributed by atoms with van der Waals surface area (Å²) in [5, 5.41) is 0. The summed E-state index contributed by atoms with van der Waals surface area (Å²) in [7, 11) is 1.17. The fraction of sp³-hybridized carbons (Fsp3) is 0.636. The molecule has 1 rings (SSSR count). The van der Waals surface area contributed by atoms with E-state index in [1.165, 1.54) is 9.12 Å². The molecule has 4 nitrogen and oxygen atoms in total. The smallest absolute Gasteiger partial charge is 0.316 e. The number of carbonyl (C=O) groups is 2. The van der Waals surface area contributed by atoms with E-state index >= 15 is 0 Å². The lowest BCUT2D eigenvalue weighted by atomic mass is 9.87. The van der Waals surface area contributed by atoms with Gasteiger partial charge in [0.05, 0.1) is 6.61 Å². The summed E-state index contributed by atoms with van der Waals surface area (Å²) in [5.41, 5.74) is 3.71. The normalized spacial score (nSPS) is 11.3. The van der Waals surface area contributed by atoms with E-state index in [1.54, 1.807) is 0 Å². The maximum atomic E-state index is 13.1. The van der Waals surface area contributed by atoms with Crippen LogP contribution in [0.3, 0.4) is 0 Å². The number of esters is 1. The number of Topliss-reactive ketones (excluding diaryl/α,β-unsaturated/α-hetero) is 1. The van der Waals surface area contributed by atoms with Gasteiger partial charge in [0.2, 0.25) is 0 Å². The van der Waals surface area contributed by atoms with Crippen molar-refractivity contribution in [2.24, 2.45) is 5.92 Å². The van der Waals surface area contributed by atoms with Crippen LogP contribution >= 0.6 is 9.12 Å². The third-order valence-corrected chi connectivity index (χ3v) is 4.61. The van der Waals surface area contributed by atoms with Crippen molar-refractivity contribution in [1.82, 2.24) is 0 Å². The monoisotopic (exact) mass is 395 g/mol. The minimum absolute atomic E-state index is 0.0815. The van der Waals surface area contributed by atoms with Gasteiger partial charge in [0.25, 0.3) is 0 Å². The Labute approximate surface area is 166 Å². The Hall–Kier alpha value is -1.54. The van der Waals surface area contributed by atoms with Crippen LogP contribution in [0.2, 0.25) is 0 Å². The molecule has 0 fully saturated rings. The summed E-state index contributed by atoms with van der Waals surface area (Å²) in [6.07, 6.45) is 6.61. The van der Waals surface area contributed by atoms with Crippen molar-refractivity contribution in [2.45, 2.75) is 79.6 Å². The van der Waals surface area contributed by atoms with Gasteiger partial charge in [-0.3, -0.25) is 9.59 Å². The van der Waals surface area contributed by atoms with Crippen molar-refractivity contribution in [1.29, 1.82) is 0 Å². The molecule has 1 aromatic rings. The molecule has 2 atom stereocenters. The maximum absolute atomic E-state index is 13.1. The number of ketones is 1. The lowest BCUT2D eigenvalue weighted by molar-refractivity contribution is -0.147. The van der Waals surface area contributed by atoms with Crippen LogP contribution in [-0.2, 0) is 14.1 Å². The highest BCUT2D eigenvalue weighted by Gasteiger charge is 2.30. The van der Waals surface area contributed by atoms with Gasteiger partial charge in [-0.25, -0.2) is 0 Å². The third-order valence-electron chi connectivity index (χ3n) is 4.61. The van der Waals surface area contributed by atoms with Crippen LogP contribution in [0.15, 0.2) is 12.1 Å². The van der Waals surface area contributed by atoms with Crippen LogP contribution in [-0.4, -0.2) is 18.4 Å². The number of benzene rings is 1. The Balaban J connectivity index is 0.00000326. The Bertz CT molecular complexity index is 575. The first-order valence-electron chi connectivity index (χ1n) is 9.94. The molecule has 0 radical (unpaired) electrons. The van der Waals surface area contributed by atoms with Crippen LogP contribution in [0.5, 0.6) is 0 Å². The second-order valence-electron chi connectivity index (χ2n) is 7.06. The van der Waals surface area contributed by atoms with E-state index in [9.17, 15) is 9.59 Å². The minimum atomic E-state index is -0.675. The average Bonchev–Trinajstić information content (AvgIpc) is 2.62. The van der Waals surface area contributed by atoms with E-state index in [0.717, 1.165) is 55.2 Å². The van der Waals surface area contributed by atoms with Gasteiger partial charge in [0, 0.05) is 5.56 Å². The van der Waals surface area contributed by atoms with E-state index in [0.29, 0.717) is 18.6 Å². The quantitative estimate of drug-likeness (QED) is 0.153. The molecule has 0 saturated carbocycles. The van der Waals surface area contributed by atoms with E-state index in [1.807, 2.05) is 32.9 Å². The molecule has 0 spiro atoms. The molecule has 2 unspecified atom stereocenters. The highest BCUT2D eigenvalue weighted by Crippen LogP contribution is 2.24. The summed E-state index contributed by atoms with van der Waals surface area (Å²) in [5.74, 6) is -1.11. The van der Waals surface area contributed by atoms with Crippen molar-refractivity contribution in [2.75, 3.05) is 6.61 Å². The third kappa shape index (κ3) is 8.79. The number of hydrogen-bond donors (Lipinski definition) is 0. The molecule has 0 heterocycles. The highest BCUT2D eigenvalue weighted by atomic mass is 31.0. The molecule has 0 aliphatic heterocycles. The van der Waals surface area contributed by atoms with Crippen LogP contribution in [0.4, 0.5) is 0 Å². The second-order valence-corrected chi connectivity index (χ2v) is 7.06. The van der Waals surface area contributed by atoms with E-state index < -0.39 is 5.92 Å². The molecular weight excluding hydrogens is 359 g/mol. The van der Waals surface area contributed by atoms with Gasteiger partial charge in [0.15, 0.2) is 5.78 Å². The zero-order chi connectivity index (χ0) is 20.8. The molecule has 5 heteroatoms.